The van der Waals surface area contributed by atoms with Crippen molar-refractivity contribution in [1.29, 1.82) is 0 Å². The van der Waals surface area contributed by atoms with Crippen molar-refractivity contribution >= 4 is 107 Å². The van der Waals surface area contributed by atoms with E-state index in [2.05, 4.69) is 397 Å². The Kier molecular flexibility index (Phi) is 20.4. The van der Waals surface area contributed by atoms with Crippen LogP contribution in [0.25, 0.3) is 253 Å². The molecule has 0 aliphatic carbocycles. The molecule has 136 heavy (non-hydrogen) atoms. The van der Waals surface area contributed by atoms with Gasteiger partial charge in [0.2, 0.25) is 0 Å². The van der Waals surface area contributed by atoms with Gasteiger partial charge < -0.3 is 9.13 Å². The summed E-state index contributed by atoms with van der Waals surface area (Å²) >= 11 is 3.69. The second kappa shape index (κ2) is 34.6. The van der Waals surface area contributed by atoms with Crippen molar-refractivity contribution in [1.82, 2.24) is 49.0 Å². The van der Waals surface area contributed by atoms with Gasteiger partial charge in [0, 0.05) is 141 Å². The highest BCUT2D eigenvalue weighted by atomic mass is 32.1. The van der Waals surface area contributed by atoms with Gasteiger partial charge in [0.05, 0.1) is 33.5 Å². The molecule has 0 radical (unpaired) electrons. The van der Waals surface area contributed by atoms with Crippen molar-refractivity contribution in [2.24, 2.45) is 0 Å². The maximum atomic E-state index is 5.57. The molecular formula is C124H78N10S2. The number of para-hydroxylation sites is 4. The molecule has 0 bridgehead atoms. The van der Waals surface area contributed by atoms with Crippen LogP contribution < -0.4 is 0 Å². The molecule has 18 aromatic carbocycles. The molecule has 0 spiro atoms. The van der Waals surface area contributed by atoms with Crippen LogP contribution >= 0.6 is 22.7 Å². The summed E-state index contributed by atoms with van der Waals surface area (Å²) in [5, 5.41) is 9.74. The molecule has 0 aliphatic heterocycles. The Hall–Kier alpha value is -17.7. The van der Waals surface area contributed by atoms with Crippen LogP contribution in [0, 0.1) is 0 Å². The monoisotopic (exact) mass is 1770 g/mol. The van der Waals surface area contributed by atoms with E-state index < -0.39 is 0 Å². The summed E-state index contributed by atoms with van der Waals surface area (Å²) in [5.41, 5.74) is 28.9. The normalized spacial score (nSPS) is 11.5. The molecule has 0 amide bonds. The number of hydrogen-bond acceptors (Lipinski definition) is 10. The number of fused-ring (bicyclic) bond motifs is 14. The van der Waals surface area contributed by atoms with E-state index in [1.54, 1.807) is 0 Å². The van der Waals surface area contributed by atoms with Crippen molar-refractivity contribution in [3.63, 3.8) is 0 Å². The SMILES string of the molecule is c1ccc(-c2nc(-c3ccccc3)nc(-c3cc(-c4c(-c5ccccc5)cccc4-c4ccccc4)cnc3-c3ccc4sc5c(ccc6c5c5ccccc5n6-c5ccccc5)c4c3)n2)cc1.c1ccc(-c2nc(-c3ccccc3)nc(-c3cc(-c4c(-c5ccccc5)cccc4-c4ccccc4)cnc3-c3cccc4sc5c(ccc6c5c5ccccc5n6-c5ccccc5)c34)n2)cc1. The van der Waals surface area contributed by atoms with Gasteiger partial charge in [-0.15, -0.1) is 22.7 Å². The van der Waals surface area contributed by atoms with Crippen LogP contribution in [0.2, 0.25) is 0 Å². The zero-order valence-corrected chi connectivity index (χ0v) is 75.0. The molecule has 0 N–H and O–H groups in total. The number of rotatable bonds is 16. The number of benzene rings is 18. The van der Waals surface area contributed by atoms with E-state index in [0.717, 1.165) is 139 Å². The highest BCUT2D eigenvalue weighted by Crippen LogP contribution is 2.52. The Morgan fingerprint density at radius 2 is 0.500 bits per heavy atom. The van der Waals surface area contributed by atoms with E-state index in [1.807, 2.05) is 108 Å². The van der Waals surface area contributed by atoms with Crippen molar-refractivity contribution in [3.05, 3.63) is 473 Å². The molecule has 0 atom stereocenters. The van der Waals surface area contributed by atoms with Crippen molar-refractivity contribution in [3.8, 4) is 169 Å². The van der Waals surface area contributed by atoms with E-state index in [1.165, 1.54) is 78.6 Å². The van der Waals surface area contributed by atoms with Gasteiger partial charge in [-0.25, -0.2) is 29.9 Å². The number of aromatic nitrogens is 10. The summed E-state index contributed by atoms with van der Waals surface area (Å²) in [6.07, 6.45) is 4.08. The summed E-state index contributed by atoms with van der Waals surface area (Å²) in [4.78, 5) is 42.6. The molecule has 12 heteroatoms. The fourth-order valence-corrected chi connectivity index (χ4v) is 22.2. The molecule has 0 saturated carbocycles. The Balaban J connectivity index is 0.000000145. The van der Waals surface area contributed by atoms with Crippen LogP contribution in [-0.4, -0.2) is 49.0 Å². The third-order valence-electron chi connectivity index (χ3n) is 25.8. The van der Waals surface area contributed by atoms with Gasteiger partial charge in [0.25, 0.3) is 0 Å². The molecule has 26 aromatic rings. The predicted octanol–water partition coefficient (Wildman–Crippen LogP) is 32.8. The molecule has 0 aliphatic rings. The summed E-state index contributed by atoms with van der Waals surface area (Å²) < 4.78 is 9.70. The molecule has 636 valence electrons. The number of nitrogens with zero attached hydrogens (tertiary/aromatic N) is 10. The molecule has 0 fully saturated rings. The molecule has 0 saturated heterocycles. The first kappa shape index (κ1) is 80.4. The first-order chi connectivity index (χ1) is 67.5. The second-order valence-electron chi connectivity index (χ2n) is 33.9. The number of pyridine rings is 2. The lowest BCUT2D eigenvalue weighted by Crippen LogP contribution is -2.02. The quantitative estimate of drug-likeness (QED) is 0.0940. The fraction of sp³-hybridized carbons (Fsp3) is 0. The van der Waals surface area contributed by atoms with Crippen LogP contribution in [0.4, 0.5) is 0 Å². The van der Waals surface area contributed by atoms with E-state index in [-0.39, 0.29) is 0 Å². The minimum absolute atomic E-state index is 0.547. The van der Waals surface area contributed by atoms with Gasteiger partial charge in [0.15, 0.2) is 34.9 Å². The first-order valence-electron chi connectivity index (χ1n) is 45.6. The van der Waals surface area contributed by atoms with Crippen molar-refractivity contribution < 1.29 is 0 Å². The predicted molar refractivity (Wildman–Crippen MR) is 566 cm³/mol. The van der Waals surface area contributed by atoms with E-state index in [4.69, 9.17) is 39.9 Å². The maximum absolute atomic E-state index is 5.57. The standard InChI is InChI=1S/2C62H39N5S/c1-6-20-40(21-7-1)46-31-18-32-47(41-22-8-2-9-23-41)55(46)44-38-51(62-65-60(42-24-10-3-11-25-42)64-61(66-62)43-26-12-4-13-27-43)58(63-39-44)49-33-19-35-54-56(49)50-36-37-53-57(59(50)68-54)48-30-16-17-34-52(48)67(53)45-28-14-5-15-29-45;1-6-19-40(20-7-1)47-30-18-31-48(41-21-8-2-9-22-41)56(47)45-38-52(62-65-60(42-23-10-3-11-24-42)64-61(66-62)43-25-12-4-13-26-43)58(63-39-45)44-33-36-55-51(37-44)49-34-35-54-57(59(49)68-55)50-29-16-17-32-53(50)67(54)46-27-14-5-15-28-46/h2*1-39H. The highest BCUT2D eigenvalue weighted by molar-refractivity contribution is 7.27. The zero-order valence-electron chi connectivity index (χ0n) is 73.3. The summed E-state index contributed by atoms with van der Waals surface area (Å²) in [7, 11) is 0. The van der Waals surface area contributed by atoms with Gasteiger partial charge in [-0.3, -0.25) is 9.97 Å². The molecule has 10 nitrogen and oxygen atoms in total. The second-order valence-corrected chi connectivity index (χ2v) is 36.0. The molecule has 8 heterocycles. The molecule has 26 rings (SSSR count). The van der Waals surface area contributed by atoms with Gasteiger partial charge in [-0.1, -0.05) is 382 Å². The minimum Gasteiger partial charge on any atom is -0.309 e. The van der Waals surface area contributed by atoms with E-state index >= 15 is 0 Å². The lowest BCUT2D eigenvalue weighted by molar-refractivity contribution is 1.07. The summed E-state index contributed by atoms with van der Waals surface area (Å²) in [6.45, 7) is 0. The van der Waals surface area contributed by atoms with Gasteiger partial charge in [-0.05, 0) is 134 Å². The van der Waals surface area contributed by atoms with Crippen LogP contribution in [0.5, 0.6) is 0 Å². The first-order valence-corrected chi connectivity index (χ1v) is 47.2. The van der Waals surface area contributed by atoms with Crippen molar-refractivity contribution in [2.45, 2.75) is 0 Å². The maximum Gasteiger partial charge on any atom is 0.166 e. The Labute approximate surface area is 792 Å². The topological polar surface area (TPSA) is 113 Å². The van der Waals surface area contributed by atoms with Crippen LogP contribution in [0.3, 0.4) is 0 Å². The zero-order chi connectivity index (χ0) is 89.9. The Bertz CT molecular complexity index is 8820. The Morgan fingerprint density at radius 3 is 0.912 bits per heavy atom. The van der Waals surface area contributed by atoms with Crippen molar-refractivity contribution in [2.75, 3.05) is 0 Å². The average molecular weight is 1770 g/mol. The van der Waals surface area contributed by atoms with Gasteiger partial charge in [-0.2, -0.15) is 0 Å². The largest absolute Gasteiger partial charge is 0.309 e. The minimum atomic E-state index is 0.547. The van der Waals surface area contributed by atoms with E-state index in [9.17, 15) is 0 Å². The average Bonchev–Trinajstić information content (AvgIpc) is 1.55. The summed E-state index contributed by atoms with van der Waals surface area (Å²) in [6, 6.07) is 162. The summed E-state index contributed by atoms with van der Waals surface area (Å²) in [5.74, 6) is 3.47. The molecular weight excluding hydrogens is 1690 g/mol. The van der Waals surface area contributed by atoms with Crippen LogP contribution in [-0.2, 0) is 0 Å². The highest BCUT2D eigenvalue weighted by Gasteiger charge is 2.29. The third-order valence-corrected chi connectivity index (χ3v) is 28.2. The third kappa shape index (κ3) is 14.4. The van der Waals surface area contributed by atoms with Gasteiger partial charge >= 0.3 is 0 Å². The van der Waals surface area contributed by atoms with E-state index in [0.29, 0.717) is 34.9 Å². The number of hydrogen-bond donors (Lipinski definition) is 0. The number of thiophene rings is 2. The van der Waals surface area contributed by atoms with Gasteiger partial charge in [0.1, 0.15) is 0 Å². The lowest BCUT2D eigenvalue weighted by atomic mass is 9.87. The molecule has 0 unspecified atom stereocenters. The smallest absolute Gasteiger partial charge is 0.166 e. The van der Waals surface area contributed by atoms with Crippen LogP contribution in [0.15, 0.2) is 473 Å². The lowest BCUT2D eigenvalue weighted by Gasteiger charge is -2.18. The fourth-order valence-electron chi connectivity index (χ4n) is 19.7. The van der Waals surface area contributed by atoms with Crippen LogP contribution in [0.1, 0.15) is 0 Å². The molecule has 8 aromatic heterocycles. The Morgan fingerprint density at radius 1 is 0.176 bits per heavy atom.